The summed E-state index contributed by atoms with van der Waals surface area (Å²) in [6.45, 7) is 0. The van der Waals surface area contributed by atoms with Crippen molar-refractivity contribution in [3.63, 3.8) is 0 Å². The molecule has 2 aromatic heterocycles. The van der Waals surface area contributed by atoms with Gasteiger partial charge in [0.15, 0.2) is 9.35 Å². The van der Waals surface area contributed by atoms with Gasteiger partial charge in [-0.05, 0) is 22.6 Å². The molecule has 0 saturated carbocycles. The Morgan fingerprint density at radius 1 is 1.55 bits per heavy atom. The molecule has 2 rings (SSSR count). The van der Waals surface area contributed by atoms with E-state index < -0.39 is 0 Å². The van der Waals surface area contributed by atoms with Crippen molar-refractivity contribution < 1.29 is 5.11 Å². The molecule has 0 aliphatic rings. The Morgan fingerprint density at radius 3 is 3.09 bits per heavy atom. The van der Waals surface area contributed by atoms with Crippen LogP contribution in [0.4, 0.5) is 0 Å². The van der Waals surface area contributed by atoms with Gasteiger partial charge in [0.2, 0.25) is 5.88 Å². The fraction of sp³-hybridized carbons (Fsp3) is 0. The Kier molecular flexibility index (Phi) is 1.45. The molecule has 56 valence electrons. The minimum absolute atomic E-state index is 0.169. The molecule has 0 atom stereocenters. The predicted molar refractivity (Wildman–Crippen MR) is 47.4 cm³/mol. The first-order valence-electron chi connectivity index (χ1n) is 2.95. The minimum atomic E-state index is 0.169. The molecule has 0 aliphatic heterocycles. The van der Waals surface area contributed by atoms with Crippen molar-refractivity contribution in [3.05, 3.63) is 22.3 Å². The van der Waals surface area contributed by atoms with Gasteiger partial charge in [-0.15, -0.1) is 0 Å². The van der Waals surface area contributed by atoms with E-state index in [0.717, 1.165) is 0 Å². The normalized spacial score (nSPS) is 10.6. The van der Waals surface area contributed by atoms with Crippen molar-refractivity contribution in [2.24, 2.45) is 0 Å². The first-order chi connectivity index (χ1) is 5.29. The highest BCUT2D eigenvalue weighted by Crippen LogP contribution is 2.19. The Bertz CT molecular complexity index is 398. The van der Waals surface area contributed by atoms with Crippen molar-refractivity contribution in [1.82, 2.24) is 14.4 Å². The standard InChI is InChI=1S/C6H4IN3O/c7-5-6(11)10-2-1-8-3-4(10)9-5/h1-3,11H. The predicted octanol–water partition coefficient (Wildman–Crippen LogP) is 1.04. The van der Waals surface area contributed by atoms with Gasteiger partial charge in [-0.1, -0.05) is 0 Å². The topological polar surface area (TPSA) is 50.4 Å². The summed E-state index contributed by atoms with van der Waals surface area (Å²) in [7, 11) is 0. The third-order valence-electron chi connectivity index (χ3n) is 1.36. The van der Waals surface area contributed by atoms with Gasteiger partial charge in [0.05, 0.1) is 6.20 Å². The Morgan fingerprint density at radius 2 is 2.36 bits per heavy atom. The largest absolute Gasteiger partial charge is 0.492 e. The van der Waals surface area contributed by atoms with Crippen molar-refractivity contribution in [2.45, 2.75) is 0 Å². The molecule has 2 heterocycles. The van der Waals surface area contributed by atoms with Crippen LogP contribution in [0.15, 0.2) is 18.6 Å². The van der Waals surface area contributed by atoms with Crippen molar-refractivity contribution in [1.29, 1.82) is 0 Å². The quantitative estimate of drug-likeness (QED) is 0.721. The van der Waals surface area contributed by atoms with Crippen molar-refractivity contribution in [2.75, 3.05) is 0 Å². The van der Waals surface area contributed by atoms with Crippen LogP contribution in [-0.2, 0) is 0 Å². The van der Waals surface area contributed by atoms with Gasteiger partial charge in [0, 0.05) is 12.4 Å². The number of fused-ring (bicyclic) bond motifs is 1. The lowest BCUT2D eigenvalue weighted by Crippen LogP contribution is -1.82. The molecule has 0 aromatic carbocycles. The maximum absolute atomic E-state index is 9.36. The van der Waals surface area contributed by atoms with Crippen molar-refractivity contribution in [3.8, 4) is 5.88 Å². The van der Waals surface area contributed by atoms with E-state index in [9.17, 15) is 5.11 Å². The van der Waals surface area contributed by atoms with E-state index in [-0.39, 0.29) is 5.88 Å². The first kappa shape index (κ1) is 6.84. The molecule has 0 aliphatic carbocycles. The molecular formula is C6H4IN3O. The summed E-state index contributed by atoms with van der Waals surface area (Å²) in [5.74, 6) is 0.169. The number of hydrogen-bond acceptors (Lipinski definition) is 3. The average molecular weight is 261 g/mol. The molecule has 0 radical (unpaired) electrons. The van der Waals surface area contributed by atoms with Crippen LogP contribution >= 0.6 is 22.6 Å². The van der Waals surface area contributed by atoms with E-state index in [1.807, 2.05) is 22.6 Å². The molecule has 1 N–H and O–H groups in total. The fourth-order valence-electron chi connectivity index (χ4n) is 0.865. The van der Waals surface area contributed by atoms with Crippen LogP contribution in [0.3, 0.4) is 0 Å². The van der Waals surface area contributed by atoms with Crippen LogP contribution in [0.2, 0.25) is 0 Å². The molecule has 0 fully saturated rings. The molecule has 2 aromatic rings. The van der Waals surface area contributed by atoms with Crippen LogP contribution in [0.1, 0.15) is 0 Å². The molecule has 0 spiro atoms. The minimum Gasteiger partial charge on any atom is -0.492 e. The zero-order valence-electron chi connectivity index (χ0n) is 5.40. The van der Waals surface area contributed by atoms with Crippen LogP contribution in [-0.4, -0.2) is 19.5 Å². The smallest absolute Gasteiger partial charge is 0.230 e. The third-order valence-corrected chi connectivity index (χ3v) is 2.09. The number of hydrogen-bond donors (Lipinski definition) is 1. The Hall–Kier alpha value is -0.850. The highest BCUT2D eigenvalue weighted by Gasteiger charge is 2.05. The van der Waals surface area contributed by atoms with Gasteiger partial charge in [-0.2, -0.15) is 0 Å². The summed E-state index contributed by atoms with van der Waals surface area (Å²) >= 11 is 1.97. The van der Waals surface area contributed by atoms with Crippen LogP contribution in [0.25, 0.3) is 5.65 Å². The lowest BCUT2D eigenvalue weighted by molar-refractivity contribution is 0.444. The molecule has 0 amide bonds. The molecule has 11 heavy (non-hydrogen) atoms. The van der Waals surface area contributed by atoms with Gasteiger partial charge in [0.25, 0.3) is 0 Å². The SMILES string of the molecule is Oc1c(I)nc2cnccn12. The Labute approximate surface area is 76.0 Å². The molecular weight excluding hydrogens is 257 g/mol. The number of aromatic hydroxyl groups is 1. The summed E-state index contributed by atoms with van der Waals surface area (Å²) in [4.78, 5) is 7.92. The first-order valence-corrected chi connectivity index (χ1v) is 4.03. The van der Waals surface area contributed by atoms with Gasteiger partial charge in [-0.25, -0.2) is 4.98 Å². The molecule has 0 bridgehead atoms. The number of rotatable bonds is 0. The summed E-state index contributed by atoms with van der Waals surface area (Å²) in [5, 5.41) is 9.36. The molecule has 4 nitrogen and oxygen atoms in total. The average Bonchev–Trinajstić information content (AvgIpc) is 2.30. The van der Waals surface area contributed by atoms with Crippen LogP contribution in [0.5, 0.6) is 5.88 Å². The van der Waals surface area contributed by atoms with Gasteiger partial charge in [-0.3, -0.25) is 9.38 Å². The van der Waals surface area contributed by atoms with Gasteiger partial charge >= 0.3 is 0 Å². The van der Waals surface area contributed by atoms with E-state index in [4.69, 9.17) is 0 Å². The highest BCUT2D eigenvalue weighted by atomic mass is 127. The van der Waals surface area contributed by atoms with E-state index in [1.165, 1.54) is 0 Å². The van der Waals surface area contributed by atoms with Crippen molar-refractivity contribution >= 4 is 28.2 Å². The van der Waals surface area contributed by atoms with Crippen LogP contribution < -0.4 is 0 Å². The molecule has 0 unspecified atom stereocenters. The highest BCUT2D eigenvalue weighted by molar-refractivity contribution is 14.1. The monoisotopic (exact) mass is 261 g/mol. The summed E-state index contributed by atoms with van der Waals surface area (Å²) in [6.07, 6.45) is 4.87. The zero-order valence-corrected chi connectivity index (χ0v) is 7.56. The zero-order chi connectivity index (χ0) is 7.84. The number of nitrogens with zero attached hydrogens (tertiary/aromatic N) is 3. The summed E-state index contributed by atoms with van der Waals surface area (Å²) < 4.78 is 2.17. The van der Waals surface area contributed by atoms with Gasteiger partial charge < -0.3 is 5.11 Å². The number of aromatic nitrogens is 3. The maximum Gasteiger partial charge on any atom is 0.230 e. The second-order valence-electron chi connectivity index (χ2n) is 2.03. The second-order valence-corrected chi connectivity index (χ2v) is 3.05. The van der Waals surface area contributed by atoms with E-state index in [1.54, 1.807) is 23.0 Å². The molecule has 0 saturated heterocycles. The van der Waals surface area contributed by atoms with Crippen LogP contribution in [0, 0.1) is 3.70 Å². The summed E-state index contributed by atoms with van der Waals surface area (Å²) in [5.41, 5.74) is 0.661. The van der Waals surface area contributed by atoms with Gasteiger partial charge in [0.1, 0.15) is 0 Å². The number of imidazole rings is 1. The number of halogens is 1. The fourth-order valence-corrected chi connectivity index (χ4v) is 1.37. The summed E-state index contributed by atoms with van der Waals surface area (Å²) in [6, 6.07) is 0. The molecule has 5 heteroatoms. The lowest BCUT2D eigenvalue weighted by atomic mass is 10.7. The van der Waals surface area contributed by atoms with E-state index in [0.29, 0.717) is 9.35 Å². The lowest BCUT2D eigenvalue weighted by Gasteiger charge is -1.90. The maximum atomic E-state index is 9.36. The Balaban J connectivity index is 2.92. The third kappa shape index (κ3) is 0.953. The van der Waals surface area contributed by atoms with E-state index >= 15 is 0 Å². The van der Waals surface area contributed by atoms with E-state index in [2.05, 4.69) is 9.97 Å². The second kappa shape index (κ2) is 2.33.